The van der Waals surface area contributed by atoms with E-state index in [1.54, 1.807) is 0 Å². The molecule has 0 saturated carbocycles. The van der Waals surface area contributed by atoms with Crippen LogP contribution in [0, 0.1) is 0 Å². The lowest BCUT2D eigenvalue weighted by Crippen LogP contribution is -3.00. The van der Waals surface area contributed by atoms with Crippen molar-refractivity contribution in [2.45, 2.75) is 0 Å². The van der Waals surface area contributed by atoms with Crippen LogP contribution in [0.5, 0.6) is 0 Å². The summed E-state index contributed by atoms with van der Waals surface area (Å²) in [6.45, 7) is 0. The van der Waals surface area contributed by atoms with Crippen LogP contribution >= 0.6 is 19.0 Å². The quantitative estimate of drug-likeness (QED) is 0.384. The van der Waals surface area contributed by atoms with Gasteiger partial charge in [-0.2, -0.15) is 0 Å². The van der Waals surface area contributed by atoms with E-state index in [-0.39, 0.29) is 22.1 Å². The van der Waals surface area contributed by atoms with Gasteiger partial charge in [-0.05, 0) is 48.2 Å². The average Bonchev–Trinajstić information content (AvgIpc) is 2.82. The van der Waals surface area contributed by atoms with Crippen molar-refractivity contribution in [3.63, 3.8) is 0 Å². The van der Waals surface area contributed by atoms with Gasteiger partial charge in [0.2, 0.25) is 5.12 Å². The molecular weight excluding hydrogens is 471 g/mol. The second kappa shape index (κ2) is 10.7. The van der Waals surface area contributed by atoms with Crippen LogP contribution in [-0.4, -0.2) is 10.6 Å². The molecule has 4 aromatic carbocycles. The molecular formula is C26H22BrOPS. The van der Waals surface area contributed by atoms with E-state index >= 15 is 0 Å². The van der Waals surface area contributed by atoms with Crippen molar-refractivity contribution in [1.29, 1.82) is 0 Å². The molecule has 0 aromatic heterocycles. The predicted octanol–water partition coefficient (Wildman–Crippen LogP) is 2.52. The van der Waals surface area contributed by atoms with Crippen molar-refractivity contribution in [1.82, 2.24) is 0 Å². The Labute approximate surface area is 193 Å². The highest BCUT2D eigenvalue weighted by molar-refractivity contribution is 8.22. The number of carbonyl (C=O) groups is 1. The Hall–Kier alpha value is -2.19. The number of carbonyl (C=O) groups excluding carboxylic acids is 1. The maximum absolute atomic E-state index is 13.0. The van der Waals surface area contributed by atoms with Gasteiger partial charge in [-0.3, -0.25) is 4.79 Å². The summed E-state index contributed by atoms with van der Waals surface area (Å²) >= 11 is 1.43. The van der Waals surface area contributed by atoms with E-state index in [0.717, 1.165) is 11.1 Å². The monoisotopic (exact) mass is 492 g/mol. The minimum absolute atomic E-state index is 0. The van der Waals surface area contributed by atoms with Gasteiger partial charge in [-0.15, -0.1) is 0 Å². The second-order valence-electron chi connectivity index (χ2n) is 6.74. The van der Waals surface area contributed by atoms with E-state index in [0.29, 0.717) is 0 Å². The number of hydrogen-bond donors (Lipinski definition) is 0. The number of hydrogen-bond acceptors (Lipinski definition) is 2. The predicted molar refractivity (Wildman–Crippen MR) is 128 cm³/mol. The van der Waals surface area contributed by atoms with Gasteiger partial charge in [0.1, 0.15) is 28.7 Å². The number of benzene rings is 4. The van der Waals surface area contributed by atoms with Gasteiger partial charge in [0.15, 0.2) is 0 Å². The van der Waals surface area contributed by atoms with Gasteiger partial charge in [0, 0.05) is 5.56 Å². The molecule has 0 aliphatic rings. The van der Waals surface area contributed by atoms with Gasteiger partial charge >= 0.3 is 0 Å². The van der Waals surface area contributed by atoms with Crippen molar-refractivity contribution in [3.8, 4) is 0 Å². The van der Waals surface area contributed by atoms with Crippen LogP contribution in [0.4, 0.5) is 0 Å². The third kappa shape index (κ3) is 4.75. The lowest BCUT2D eigenvalue weighted by molar-refractivity contribution is -0.0000123. The molecule has 4 aromatic rings. The zero-order valence-electron chi connectivity index (χ0n) is 16.4. The highest BCUT2D eigenvalue weighted by atomic mass is 79.9. The average molecular weight is 493 g/mol. The first-order valence-electron chi connectivity index (χ1n) is 9.58. The maximum Gasteiger partial charge on any atom is 0.222 e. The molecule has 1 nitrogen and oxygen atoms in total. The molecule has 0 aliphatic heterocycles. The lowest BCUT2D eigenvalue weighted by Gasteiger charge is -2.27. The molecule has 30 heavy (non-hydrogen) atoms. The molecule has 4 heteroatoms. The van der Waals surface area contributed by atoms with Gasteiger partial charge in [0.25, 0.3) is 0 Å². The van der Waals surface area contributed by atoms with Crippen LogP contribution < -0.4 is 32.9 Å². The Morgan fingerprint density at radius 1 is 0.567 bits per heavy atom. The summed E-state index contributed by atoms with van der Waals surface area (Å²) < 4.78 is 0. The van der Waals surface area contributed by atoms with Gasteiger partial charge in [-0.25, -0.2) is 0 Å². The Bertz CT molecular complexity index is 961. The topological polar surface area (TPSA) is 17.1 Å². The Morgan fingerprint density at radius 3 is 1.27 bits per heavy atom. The fraction of sp³-hybridized carbons (Fsp3) is 0.0385. The molecule has 4 rings (SSSR count). The minimum Gasteiger partial charge on any atom is -1.00 e. The normalized spacial score (nSPS) is 10.8. The first-order valence-corrected chi connectivity index (χ1v) is 12.5. The molecule has 0 bridgehead atoms. The van der Waals surface area contributed by atoms with Crippen LogP contribution in [0.2, 0.25) is 0 Å². The van der Waals surface area contributed by atoms with Gasteiger partial charge in [-0.1, -0.05) is 84.9 Å². The summed E-state index contributed by atoms with van der Waals surface area (Å²) in [5.41, 5.74) is 1.49. The van der Waals surface area contributed by atoms with E-state index in [2.05, 4.69) is 91.0 Å². The smallest absolute Gasteiger partial charge is 0.222 e. The summed E-state index contributed by atoms with van der Waals surface area (Å²) in [6.07, 6.45) is 0. The molecule has 0 heterocycles. The van der Waals surface area contributed by atoms with Crippen LogP contribution in [-0.2, 0) is 0 Å². The molecule has 0 fully saturated rings. The van der Waals surface area contributed by atoms with Crippen LogP contribution in [0.25, 0.3) is 0 Å². The SMILES string of the molecule is O=C(SC[P+](c1ccccc1)(c1ccccc1)c1ccccc1)c1ccccc1.[Br-]. The molecule has 0 atom stereocenters. The highest BCUT2D eigenvalue weighted by Crippen LogP contribution is 2.57. The molecule has 0 unspecified atom stereocenters. The summed E-state index contributed by atoms with van der Waals surface area (Å²) in [5, 5.41) is 4.01. The first kappa shape index (κ1) is 22.5. The minimum atomic E-state index is -1.99. The van der Waals surface area contributed by atoms with Crippen molar-refractivity contribution in [2.24, 2.45) is 0 Å². The van der Waals surface area contributed by atoms with E-state index in [1.807, 2.05) is 30.3 Å². The second-order valence-corrected chi connectivity index (χ2v) is 11.6. The Morgan fingerprint density at radius 2 is 0.900 bits per heavy atom. The molecule has 0 spiro atoms. The Balaban J connectivity index is 0.00000256. The maximum atomic E-state index is 13.0. The zero-order chi connectivity index (χ0) is 19.9. The summed E-state index contributed by atoms with van der Waals surface area (Å²) in [5.74, 6) is 0. The molecule has 0 radical (unpaired) electrons. The van der Waals surface area contributed by atoms with E-state index in [9.17, 15) is 4.79 Å². The molecule has 0 amide bonds. The molecule has 0 saturated heterocycles. The lowest BCUT2D eigenvalue weighted by atomic mass is 10.2. The molecule has 0 N–H and O–H groups in total. The summed E-state index contributed by atoms with van der Waals surface area (Å²) in [6, 6.07) is 41.6. The number of halogens is 1. The standard InChI is InChI=1S/C26H22OPS.BrH/c27-26(22-13-5-1-6-14-22)29-21-28(23-15-7-2-8-16-23,24-17-9-3-10-18-24)25-19-11-4-12-20-25;/h1-20H,21H2;1H/q+1;/p-1. The highest BCUT2D eigenvalue weighted by Gasteiger charge is 2.45. The fourth-order valence-electron chi connectivity index (χ4n) is 3.53. The van der Waals surface area contributed by atoms with Crippen LogP contribution in [0.15, 0.2) is 121 Å². The van der Waals surface area contributed by atoms with Crippen LogP contribution in [0.1, 0.15) is 10.4 Å². The van der Waals surface area contributed by atoms with Crippen molar-refractivity contribution in [2.75, 3.05) is 5.49 Å². The largest absolute Gasteiger partial charge is 1.00 e. The van der Waals surface area contributed by atoms with Gasteiger partial charge < -0.3 is 17.0 Å². The van der Waals surface area contributed by atoms with Crippen LogP contribution in [0.3, 0.4) is 0 Å². The zero-order valence-corrected chi connectivity index (χ0v) is 19.7. The number of thioether (sulfide) groups is 1. The first-order chi connectivity index (χ1) is 14.3. The summed E-state index contributed by atoms with van der Waals surface area (Å²) in [7, 11) is -1.99. The molecule has 0 aliphatic carbocycles. The molecule has 150 valence electrons. The van der Waals surface area contributed by atoms with E-state index in [1.165, 1.54) is 27.7 Å². The number of rotatable bonds is 6. The Kier molecular flexibility index (Phi) is 8.04. The third-order valence-corrected chi connectivity index (χ3v) is 11.1. The van der Waals surface area contributed by atoms with Gasteiger partial charge in [0.05, 0.1) is 0 Å². The van der Waals surface area contributed by atoms with Crippen molar-refractivity contribution >= 4 is 40.1 Å². The third-order valence-electron chi connectivity index (χ3n) is 4.99. The van der Waals surface area contributed by atoms with Crippen molar-refractivity contribution < 1.29 is 21.8 Å². The fourth-order valence-corrected chi connectivity index (χ4v) is 9.80. The van der Waals surface area contributed by atoms with E-state index < -0.39 is 7.26 Å². The summed E-state index contributed by atoms with van der Waals surface area (Å²) in [4.78, 5) is 13.0. The van der Waals surface area contributed by atoms with E-state index in [4.69, 9.17) is 0 Å². The van der Waals surface area contributed by atoms with Crippen molar-refractivity contribution in [3.05, 3.63) is 127 Å².